The fraction of sp³-hybridized carbons (Fsp3) is 1.00. The lowest BCUT2D eigenvalue weighted by molar-refractivity contribution is 0.301. The number of unbranched alkanes of at least 4 members (excludes halogenated alkanes) is 3. The highest BCUT2D eigenvalue weighted by Gasteiger charge is 2.14. The number of hydrogen-bond donors (Lipinski definition) is 0. The van der Waals surface area contributed by atoms with E-state index in [4.69, 9.17) is 0 Å². The average Bonchev–Trinajstić information content (AvgIpc) is 2.34. The first-order valence-corrected chi connectivity index (χ1v) is 8.28. The minimum absolute atomic E-state index is 1.01. The Bertz CT molecular complexity index is 139. The lowest BCUT2D eigenvalue weighted by atomic mass is 9.84. The molecule has 0 bridgehead atoms. The van der Waals surface area contributed by atoms with Crippen molar-refractivity contribution in [3.63, 3.8) is 0 Å². The molecule has 0 saturated carbocycles. The Hall–Kier alpha value is 0. The van der Waals surface area contributed by atoms with Crippen molar-refractivity contribution in [2.75, 3.05) is 0 Å². The van der Waals surface area contributed by atoms with Crippen LogP contribution in [0.15, 0.2) is 0 Å². The first kappa shape index (κ1) is 17.0. The van der Waals surface area contributed by atoms with Gasteiger partial charge >= 0.3 is 0 Å². The molecule has 0 N–H and O–H groups in total. The van der Waals surface area contributed by atoms with Gasteiger partial charge in [-0.2, -0.15) is 0 Å². The van der Waals surface area contributed by atoms with Gasteiger partial charge in [-0.3, -0.25) is 0 Å². The van der Waals surface area contributed by atoms with E-state index in [1.165, 1.54) is 70.6 Å². The van der Waals surface area contributed by atoms with Crippen molar-refractivity contribution in [2.45, 2.75) is 98.3 Å². The first-order chi connectivity index (χ1) is 8.28. The van der Waals surface area contributed by atoms with Crippen LogP contribution in [-0.4, -0.2) is 0 Å². The zero-order valence-electron chi connectivity index (χ0n) is 12.9. The lowest BCUT2D eigenvalue weighted by Gasteiger charge is -2.22. The number of hydrogen-bond acceptors (Lipinski definition) is 0. The van der Waals surface area contributed by atoms with Gasteiger partial charge in [0.15, 0.2) is 0 Å². The molecular formula is C17H36. The normalized spacial score (nSPS) is 14.8. The predicted octanol–water partition coefficient (Wildman–Crippen LogP) is 6.59. The molecule has 17 heavy (non-hydrogen) atoms. The third-order valence-corrected chi connectivity index (χ3v) is 4.12. The van der Waals surface area contributed by atoms with Crippen molar-refractivity contribution in [3.8, 4) is 0 Å². The van der Waals surface area contributed by atoms with Crippen LogP contribution in [0.25, 0.3) is 0 Å². The van der Waals surface area contributed by atoms with Gasteiger partial charge in [-0.05, 0) is 18.3 Å². The summed E-state index contributed by atoms with van der Waals surface area (Å²) in [7, 11) is 0. The van der Waals surface area contributed by atoms with E-state index in [1.807, 2.05) is 0 Å². The molecule has 0 aliphatic carbocycles. The Balaban J connectivity index is 3.91. The summed E-state index contributed by atoms with van der Waals surface area (Å²) in [6, 6.07) is 0. The molecule has 0 aliphatic rings. The summed E-state index contributed by atoms with van der Waals surface area (Å²) < 4.78 is 0. The topological polar surface area (TPSA) is 0 Å². The van der Waals surface area contributed by atoms with Crippen LogP contribution >= 0.6 is 0 Å². The van der Waals surface area contributed by atoms with Gasteiger partial charge < -0.3 is 0 Å². The van der Waals surface area contributed by atoms with Gasteiger partial charge in [0.05, 0.1) is 0 Å². The first-order valence-electron chi connectivity index (χ1n) is 8.28. The van der Waals surface area contributed by atoms with Crippen LogP contribution in [-0.2, 0) is 0 Å². The highest BCUT2D eigenvalue weighted by atomic mass is 14.2. The molecule has 0 saturated heterocycles. The summed E-state index contributed by atoms with van der Waals surface area (Å²) in [4.78, 5) is 0. The molecule has 0 aromatic rings. The molecule has 0 aliphatic heterocycles. The molecule has 0 radical (unpaired) electrons. The van der Waals surface area contributed by atoms with Crippen LogP contribution in [0.5, 0.6) is 0 Å². The zero-order chi connectivity index (χ0) is 12.9. The Morgan fingerprint density at radius 3 is 1.76 bits per heavy atom. The second-order valence-electron chi connectivity index (χ2n) is 5.80. The summed E-state index contributed by atoms with van der Waals surface area (Å²) in [5.74, 6) is 2.03. The van der Waals surface area contributed by atoms with Gasteiger partial charge in [0.1, 0.15) is 0 Å². The van der Waals surface area contributed by atoms with E-state index in [-0.39, 0.29) is 0 Å². The minimum Gasteiger partial charge on any atom is -0.0654 e. The highest BCUT2D eigenvalue weighted by molar-refractivity contribution is 4.66. The van der Waals surface area contributed by atoms with E-state index in [1.54, 1.807) is 0 Å². The van der Waals surface area contributed by atoms with Gasteiger partial charge in [-0.1, -0.05) is 91.9 Å². The fourth-order valence-corrected chi connectivity index (χ4v) is 2.92. The summed E-state index contributed by atoms with van der Waals surface area (Å²) in [5.41, 5.74) is 0. The summed E-state index contributed by atoms with van der Waals surface area (Å²) in [5, 5.41) is 0. The van der Waals surface area contributed by atoms with Crippen LogP contribution in [0.4, 0.5) is 0 Å². The van der Waals surface area contributed by atoms with Gasteiger partial charge in [0.25, 0.3) is 0 Å². The average molecular weight is 240 g/mol. The van der Waals surface area contributed by atoms with Gasteiger partial charge in [-0.25, -0.2) is 0 Å². The van der Waals surface area contributed by atoms with Gasteiger partial charge in [0, 0.05) is 0 Å². The van der Waals surface area contributed by atoms with E-state index in [9.17, 15) is 0 Å². The van der Waals surface area contributed by atoms with E-state index in [0.717, 1.165) is 11.8 Å². The summed E-state index contributed by atoms with van der Waals surface area (Å²) in [6.45, 7) is 9.36. The van der Waals surface area contributed by atoms with Crippen molar-refractivity contribution in [2.24, 2.45) is 11.8 Å². The van der Waals surface area contributed by atoms with Crippen molar-refractivity contribution in [1.82, 2.24) is 0 Å². The summed E-state index contributed by atoms with van der Waals surface area (Å²) in [6.07, 6.45) is 15.8. The molecule has 2 atom stereocenters. The zero-order valence-corrected chi connectivity index (χ0v) is 12.9. The maximum atomic E-state index is 2.38. The van der Waals surface area contributed by atoms with Gasteiger partial charge in [-0.15, -0.1) is 0 Å². The molecule has 0 nitrogen and oxygen atoms in total. The molecule has 0 spiro atoms. The lowest BCUT2D eigenvalue weighted by Crippen LogP contribution is -2.09. The van der Waals surface area contributed by atoms with Crippen LogP contribution in [0.2, 0.25) is 0 Å². The molecule has 104 valence electrons. The molecule has 0 aromatic carbocycles. The Morgan fingerprint density at radius 2 is 1.24 bits per heavy atom. The molecular weight excluding hydrogens is 204 g/mol. The molecule has 0 rings (SSSR count). The number of rotatable bonds is 12. The second kappa shape index (κ2) is 12.5. The van der Waals surface area contributed by atoms with E-state index in [0.29, 0.717) is 0 Å². The van der Waals surface area contributed by atoms with Gasteiger partial charge in [0.2, 0.25) is 0 Å². The third kappa shape index (κ3) is 9.68. The van der Waals surface area contributed by atoms with E-state index < -0.39 is 0 Å². The molecule has 0 heteroatoms. The molecule has 2 unspecified atom stereocenters. The Morgan fingerprint density at radius 1 is 0.588 bits per heavy atom. The van der Waals surface area contributed by atoms with Crippen molar-refractivity contribution < 1.29 is 0 Å². The van der Waals surface area contributed by atoms with Crippen molar-refractivity contribution >= 4 is 0 Å². The minimum atomic E-state index is 1.01. The third-order valence-electron chi connectivity index (χ3n) is 4.12. The fourth-order valence-electron chi connectivity index (χ4n) is 2.92. The SMILES string of the molecule is CCCCCC(CCC)CC(CC)CCCC. The van der Waals surface area contributed by atoms with Crippen molar-refractivity contribution in [1.29, 1.82) is 0 Å². The van der Waals surface area contributed by atoms with Crippen LogP contribution in [0.3, 0.4) is 0 Å². The summed E-state index contributed by atoms with van der Waals surface area (Å²) >= 11 is 0. The van der Waals surface area contributed by atoms with Crippen LogP contribution in [0, 0.1) is 11.8 Å². The Labute approximate surface area is 111 Å². The molecule has 0 aromatic heterocycles. The smallest absolute Gasteiger partial charge is 0.0412 e. The monoisotopic (exact) mass is 240 g/mol. The predicted molar refractivity (Wildman–Crippen MR) is 80.5 cm³/mol. The van der Waals surface area contributed by atoms with E-state index in [2.05, 4.69) is 27.7 Å². The van der Waals surface area contributed by atoms with Crippen LogP contribution < -0.4 is 0 Å². The maximum Gasteiger partial charge on any atom is -0.0412 e. The quantitative estimate of drug-likeness (QED) is 0.338. The molecule has 0 amide bonds. The van der Waals surface area contributed by atoms with Crippen molar-refractivity contribution in [3.05, 3.63) is 0 Å². The molecule has 0 heterocycles. The van der Waals surface area contributed by atoms with E-state index >= 15 is 0 Å². The Kier molecular flexibility index (Phi) is 12.5. The highest BCUT2D eigenvalue weighted by Crippen LogP contribution is 2.28. The largest absolute Gasteiger partial charge is 0.0654 e. The van der Waals surface area contributed by atoms with Crippen LogP contribution in [0.1, 0.15) is 98.3 Å². The maximum absolute atomic E-state index is 2.38. The standard InChI is InChI=1S/C17H36/c1-5-9-11-14-17(12-7-3)15-16(8-4)13-10-6-2/h16-17H,5-15H2,1-4H3. The second-order valence-corrected chi connectivity index (χ2v) is 5.80. The molecule has 0 fully saturated rings.